The third-order valence-corrected chi connectivity index (χ3v) is 6.06. The van der Waals surface area contributed by atoms with Crippen LogP contribution in [0.1, 0.15) is 37.7 Å². The Kier molecular flexibility index (Phi) is 7.60. The average molecular weight is 446 g/mol. The lowest BCUT2D eigenvalue weighted by molar-refractivity contribution is -0.121. The van der Waals surface area contributed by atoms with Crippen LogP contribution >= 0.6 is 15.9 Å². The van der Waals surface area contributed by atoms with E-state index in [1.54, 1.807) is 19.2 Å². The van der Waals surface area contributed by atoms with Crippen LogP contribution in [0.5, 0.6) is 5.75 Å². The fourth-order valence-corrected chi connectivity index (χ4v) is 4.53. The van der Waals surface area contributed by atoms with Crippen molar-refractivity contribution in [2.75, 3.05) is 19.9 Å². The monoisotopic (exact) mass is 445 g/mol. The molecule has 0 radical (unpaired) electrons. The van der Waals surface area contributed by atoms with Crippen molar-refractivity contribution < 1.29 is 17.9 Å². The van der Waals surface area contributed by atoms with Crippen molar-refractivity contribution in [3.63, 3.8) is 0 Å². The molecule has 144 valence electrons. The summed E-state index contributed by atoms with van der Waals surface area (Å²) in [6, 6.07) is 5.31. The van der Waals surface area contributed by atoms with E-state index in [2.05, 4.69) is 26.5 Å². The minimum atomic E-state index is -3.46. The molecule has 1 amide bonds. The lowest BCUT2D eigenvalue weighted by Crippen LogP contribution is -2.45. The zero-order chi connectivity index (χ0) is 19.2. The van der Waals surface area contributed by atoms with E-state index >= 15 is 0 Å². The lowest BCUT2D eigenvalue weighted by atomic mass is 9.95. The summed E-state index contributed by atoms with van der Waals surface area (Å²) in [7, 11) is -1.91. The second-order valence-electron chi connectivity index (χ2n) is 6.28. The highest BCUT2D eigenvalue weighted by Gasteiger charge is 2.29. The minimum absolute atomic E-state index is 0.112. The summed E-state index contributed by atoms with van der Waals surface area (Å²) in [5.41, 5.74) is 3.09. The molecule has 7 nitrogen and oxygen atoms in total. The summed E-state index contributed by atoms with van der Waals surface area (Å²) in [6.07, 6.45) is 7.27. The maximum Gasteiger partial charge on any atom is 0.255 e. The van der Waals surface area contributed by atoms with Gasteiger partial charge in [0, 0.05) is 16.1 Å². The van der Waals surface area contributed by atoms with Crippen LogP contribution in [-0.4, -0.2) is 50.8 Å². The second-order valence-corrected chi connectivity index (χ2v) is 9.13. The Hall–Kier alpha value is -1.45. The summed E-state index contributed by atoms with van der Waals surface area (Å²) in [4.78, 5) is 12.2. The van der Waals surface area contributed by atoms with Crippen LogP contribution in [0.15, 0.2) is 27.8 Å². The highest BCUT2D eigenvalue weighted by molar-refractivity contribution is 9.10. The van der Waals surface area contributed by atoms with Crippen LogP contribution in [0.4, 0.5) is 0 Å². The van der Waals surface area contributed by atoms with E-state index in [1.165, 1.54) is 10.5 Å². The Labute approximate surface area is 163 Å². The predicted octanol–water partition coefficient (Wildman–Crippen LogP) is 2.50. The number of rotatable bonds is 7. The van der Waals surface area contributed by atoms with Crippen molar-refractivity contribution in [3.05, 3.63) is 28.2 Å². The summed E-state index contributed by atoms with van der Waals surface area (Å²) in [6.45, 7) is -0.226. The molecule has 0 aromatic heterocycles. The molecule has 1 aliphatic carbocycles. The Bertz CT molecular complexity index is 761. The third kappa shape index (κ3) is 6.07. The van der Waals surface area contributed by atoms with E-state index in [1.807, 2.05) is 6.07 Å². The van der Waals surface area contributed by atoms with Crippen LogP contribution in [0.3, 0.4) is 0 Å². The van der Waals surface area contributed by atoms with Crippen molar-refractivity contribution in [1.29, 1.82) is 0 Å². The summed E-state index contributed by atoms with van der Waals surface area (Å²) < 4.78 is 31.5. The standard InChI is InChI=1S/C17H24BrN3O4S/c1-25-16-9-8-14(18)10-13(16)11-19-20-17(22)12-21(26(2,23)24)15-6-4-3-5-7-15/h8-11,15H,3-7,12H2,1-2H3,(H,20,22)/b19-11+. The molecule has 26 heavy (non-hydrogen) atoms. The van der Waals surface area contributed by atoms with E-state index in [-0.39, 0.29) is 12.6 Å². The number of methoxy groups -OCH3 is 1. The fourth-order valence-electron chi connectivity index (χ4n) is 3.04. The molecule has 2 rings (SSSR count). The minimum Gasteiger partial charge on any atom is -0.496 e. The van der Waals surface area contributed by atoms with Gasteiger partial charge in [-0.15, -0.1) is 0 Å². The smallest absolute Gasteiger partial charge is 0.255 e. The molecule has 1 saturated carbocycles. The molecule has 1 fully saturated rings. The molecule has 1 aromatic rings. The molecule has 9 heteroatoms. The van der Waals surface area contributed by atoms with E-state index in [0.717, 1.165) is 42.8 Å². The van der Waals surface area contributed by atoms with Crippen molar-refractivity contribution in [2.45, 2.75) is 38.1 Å². The fraction of sp³-hybridized carbons (Fsp3) is 0.529. The SMILES string of the molecule is COc1ccc(Br)cc1/C=N/NC(=O)CN(C1CCCCC1)S(C)(=O)=O. The van der Waals surface area contributed by atoms with Crippen molar-refractivity contribution in [3.8, 4) is 5.75 Å². The number of hydrogen-bond donors (Lipinski definition) is 1. The van der Waals surface area contributed by atoms with E-state index in [0.29, 0.717) is 11.3 Å². The van der Waals surface area contributed by atoms with Gasteiger partial charge in [-0.05, 0) is 31.0 Å². The first kappa shape index (κ1) is 20.9. The second kappa shape index (κ2) is 9.48. The Morgan fingerprint density at radius 3 is 2.69 bits per heavy atom. The predicted molar refractivity (Wildman–Crippen MR) is 105 cm³/mol. The lowest BCUT2D eigenvalue weighted by Gasteiger charge is -2.31. The number of sulfonamides is 1. The van der Waals surface area contributed by atoms with Gasteiger partial charge in [-0.2, -0.15) is 9.41 Å². The molecule has 0 bridgehead atoms. The number of carbonyl (C=O) groups is 1. The number of amides is 1. The van der Waals surface area contributed by atoms with Crippen LogP contribution in [-0.2, 0) is 14.8 Å². The highest BCUT2D eigenvalue weighted by Crippen LogP contribution is 2.24. The summed E-state index contributed by atoms with van der Waals surface area (Å²) in [5, 5.41) is 3.92. The first-order valence-electron chi connectivity index (χ1n) is 8.43. The number of benzene rings is 1. The van der Waals surface area contributed by atoms with Gasteiger partial charge >= 0.3 is 0 Å². The molecule has 0 heterocycles. The highest BCUT2D eigenvalue weighted by atomic mass is 79.9. The number of hydrazone groups is 1. The van der Waals surface area contributed by atoms with Crippen LogP contribution in [0, 0.1) is 0 Å². The Morgan fingerprint density at radius 1 is 1.38 bits per heavy atom. The number of halogens is 1. The number of ether oxygens (including phenoxy) is 1. The quantitative estimate of drug-likeness (QED) is 0.515. The van der Waals surface area contributed by atoms with Gasteiger partial charge in [0.25, 0.3) is 5.91 Å². The average Bonchev–Trinajstić information content (AvgIpc) is 2.60. The normalized spacial score (nSPS) is 16.2. The van der Waals surface area contributed by atoms with Crippen LogP contribution < -0.4 is 10.2 Å². The number of nitrogens with one attached hydrogen (secondary N) is 1. The van der Waals surface area contributed by atoms with E-state index < -0.39 is 15.9 Å². The largest absolute Gasteiger partial charge is 0.496 e. The molecule has 1 aliphatic rings. The first-order valence-corrected chi connectivity index (χ1v) is 11.1. The van der Waals surface area contributed by atoms with Gasteiger partial charge in [-0.3, -0.25) is 4.79 Å². The number of nitrogens with zero attached hydrogens (tertiary/aromatic N) is 2. The number of carbonyl (C=O) groups excluding carboxylic acids is 1. The van der Waals surface area contributed by atoms with Gasteiger partial charge in [0.1, 0.15) is 5.75 Å². The van der Waals surface area contributed by atoms with Crippen molar-refractivity contribution in [1.82, 2.24) is 9.73 Å². The molecular weight excluding hydrogens is 422 g/mol. The number of hydrogen-bond acceptors (Lipinski definition) is 5. The molecule has 1 N–H and O–H groups in total. The van der Waals surface area contributed by atoms with Crippen LogP contribution in [0.2, 0.25) is 0 Å². The van der Waals surface area contributed by atoms with Crippen molar-refractivity contribution >= 4 is 38.1 Å². The van der Waals surface area contributed by atoms with Crippen LogP contribution in [0.25, 0.3) is 0 Å². The molecule has 0 unspecified atom stereocenters. The summed E-state index contributed by atoms with van der Waals surface area (Å²) in [5.74, 6) is 0.150. The van der Waals surface area contributed by atoms with Gasteiger partial charge in [-0.25, -0.2) is 13.8 Å². The Balaban J connectivity index is 2.01. The summed E-state index contributed by atoms with van der Waals surface area (Å²) >= 11 is 3.37. The van der Waals surface area contributed by atoms with Gasteiger partial charge in [0.05, 0.1) is 26.1 Å². The zero-order valence-electron chi connectivity index (χ0n) is 14.9. The van der Waals surface area contributed by atoms with E-state index in [4.69, 9.17) is 4.74 Å². The molecule has 0 spiro atoms. The van der Waals surface area contributed by atoms with Gasteiger partial charge in [0.2, 0.25) is 10.0 Å². The third-order valence-electron chi connectivity index (χ3n) is 4.29. The molecule has 0 saturated heterocycles. The molecule has 0 aliphatic heterocycles. The maximum absolute atomic E-state index is 12.2. The van der Waals surface area contributed by atoms with E-state index in [9.17, 15) is 13.2 Å². The molecular formula is C17H24BrN3O4S. The van der Waals surface area contributed by atoms with Crippen molar-refractivity contribution in [2.24, 2.45) is 5.10 Å². The zero-order valence-corrected chi connectivity index (χ0v) is 17.3. The van der Waals surface area contributed by atoms with Gasteiger partial charge in [0.15, 0.2) is 0 Å². The molecule has 0 atom stereocenters. The first-order chi connectivity index (χ1) is 12.3. The Morgan fingerprint density at radius 2 is 2.08 bits per heavy atom. The van der Waals surface area contributed by atoms with Gasteiger partial charge < -0.3 is 4.74 Å². The topological polar surface area (TPSA) is 88.1 Å². The van der Waals surface area contributed by atoms with Gasteiger partial charge in [-0.1, -0.05) is 35.2 Å². The maximum atomic E-state index is 12.2. The molecule has 1 aromatic carbocycles.